The number of pyridine rings is 1. The molecule has 0 spiro atoms. The van der Waals surface area contributed by atoms with Gasteiger partial charge in [0, 0.05) is 31.3 Å². The molecule has 0 atom stereocenters. The van der Waals surface area contributed by atoms with Crippen molar-refractivity contribution in [3.63, 3.8) is 0 Å². The molecule has 2 aliphatic rings. The number of ether oxygens (including phenoxy) is 1. The van der Waals surface area contributed by atoms with Gasteiger partial charge in [0.15, 0.2) is 0 Å². The number of likely N-dealkylation sites (tertiary alicyclic amines) is 1. The number of nitrogens with zero attached hydrogens (tertiary/aromatic N) is 4. The molecule has 9 heteroatoms. The number of alkyl halides is 3. The number of halogens is 3. The second kappa shape index (κ2) is 7.96. The molecule has 1 aliphatic carbocycles. The monoisotopic (exact) mass is 406 g/mol. The lowest BCUT2D eigenvalue weighted by Crippen LogP contribution is -2.39. The van der Waals surface area contributed by atoms with Crippen LogP contribution >= 0.6 is 0 Å². The normalized spacial score (nSPS) is 18.0. The molecule has 0 radical (unpaired) electrons. The number of hydrogen-bond donors (Lipinski definition) is 0. The fourth-order valence-electron chi connectivity index (χ4n) is 3.38. The maximum atomic E-state index is 12.6. The van der Waals surface area contributed by atoms with E-state index in [1.54, 1.807) is 4.90 Å². The van der Waals surface area contributed by atoms with Crippen molar-refractivity contribution in [3.8, 4) is 5.88 Å². The summed E-state index contributed by atoms with van der Waals surface area (Å²) in [5, 5.41) is 8.30. The van der Waals surface area contributed by atoms with Gasteiger partial charge in [-0.25, -0.2) is 0 Å². The minimum atomic E-state index is -4.51. The van der Waals surface area contributed by atoms with Crippen LogP contribution < -0.4 is 4.74 Å². The highest BCUT2D eigenvalue weighted by atomic mass is 19.4. The first-order chi connectivity index (χ1) is 13.9. The quantitative estimate of drug-likeness (QED) is 0.758. The van der Waals surface area contributed by atoms with Crippen molar-refractivity contribution >= 4 is 5.91 Å². The topological polar surface area (TPSA) is 68.2 Å². The van der Waals surface area contributed by atoms with Crippen LogP contribution in [0.5, 0.6) is 5.88 Å². The van der Waals surface area contributed by atoms with E-state index in [1.807, 2.05) is 12.1 Å². The van der Waals surface area contributed by atoms with Gasteiger partial charge in [0.05, 0.1) is 17.9 Å². The maximum Gasteiger partial charge on any atom is 0.433 e. The molecule has 0 unspecified atom stereocenters. The van der Waals surface area contributed by atoms with Crippen molar-refractivity contribution in [1.29, 1.82) is 0 Å². The molecule has 1 saturated carbocycles. The minimum Gasteiger partial charge on any atom is -0.476 e. The highest BCUT2D eigenvalue weighted by Crippen LogP contribution is 2.38. The standard InChI is InChI=1S/C20H21F3N4O2/c21-20(22,23)17-5-3-15(11-24-17)19(28)27-9-7-13(8-10-27)12-29-18-6-4-16(25-26-18)14-1-2-14/h3-6,11,13-14H,1-2,7-10,12H2. The van der Waals surface area contributed by atoms with Crippen LogP contribution in [0.1, 0.15) is 53.3 Å². The van der Waals surface area contributed by atoms with Crippen LogP contribution in [0, 0.1) is 5.92 Å². The predicted octanol–water partition coefficient (Wildman–Crippen LogP) is 3.70. The molecule has 0 N–H and O–H groups in total. The van der Waals surface area contributed by atoms with Gasteiger partial charge in [-0.2, -0.15) is 18.3 Å². The van der Waals surface area contributed by atoms with Gasteiger partial charge in [0.2, 0.25) is 5.88 Å². The molecule has 29 heavy (non-hydrogen) atoms. The molecule has 2 aromatic heterocycles. The first-order valence-electron chi connectivity index (χ1n) is 9.69. The first kappa shape index (κ1) is 19.6. The van der Waals surface area contributed by atoms with Gasteiger partial charge < -0.3 is 9.64 Å². The molecule has 1 amide bonds. The molecule has 1 saturated heterocycles. The number of carbonyl (C=O) groups is 1. The van der Waals surface area contributed by atoms with E-state index < -0.39 is 11.9 Å². The van der Waals surface area contributed by atoms with E-state index >= 15 is 0 Å². The van der Waals surface area contributed by atoms with E-state index in [4.69, 9.17) is 4.74 Å². The highest BCUT2D eigenvalue weighted by molar-refractivity contribution is 5.94. The van der Waals surface area contributed by atoms with Crippen molar-refractivity contribution in [2.24, 2.45) is 5.92 Å². The summed E-state index contributed by atoms with van der Waals surface area (Å²) in [6.07, 6.45) is 0.344. The minimum absolute atomic E-state index is 0.165. The van der Waals surface area contributed by atoms with E-state index in [-0.39, 0.29) is 17.4 Å². The van der Waals surface area contributed by atoms with Crippen LogP contribution in [0.2, 0.25) is 0 Å². The molecule has 2 aromatic rings. The number of aromatic nitrogens is 3. The molecular formula is C20H21F3N4O2. The summed E-state index contributed by atoms with van der Waals surface area (Å²) in [7, 11) is 0. The van der Waals surface area contributed by atoms with Crippen molar-refractivity contribution in [2.45, 2.75) is 37.8 Å². The van der Waals surface area contributed by atoms with Gasteiger partial charge in [-0.05, 0) is 49.8 Å². The van der Waals surface area contributed by atoms with Crippen LogP contribution in [0.3, 0.4) is 0 Å². The van der Waals surface area contributed by atoms with Gasteiger partial charge in [-0.15, -0.1) is 5.10 Å². The van der Waals surface area contributed by atoms with Gasteiger partial charge in [0.1, 0.15) is 5.69 Å². The lowest BCUT2D eigenvalue weighted by atomic mass is 9.97. The Balaban J connectivity index is 1.24. The van der Waals surface area contributed by atoms with Gasteiger partial charge in [-0.3, -0.25) is 9.78 Å². The summed E-state index contributed by atoms with van der Waals surface area (Å²) in [5.41, 5.74) is 0.179. The highest BCUT2D eigenvalue weighted by Gasteiger charge is 2.33. The average molecular weight is 406 g/mol. The lowest BCUT2D eigenvalue weighted by Gasteiger charge is -2.31. The summed E-state index contributed by atoms with van der Waals surface area (Å²) in [6.45, 7) is 1.56. The Kier molecular flexibility index (Phi) is 5.38. The van der Waals surface area contributed by atoms with Crippen molar-refractivity contribution in [3.05, 3.63) is 47.4 Å². The Bertz CT molecular complexity index is 844. The molecule has 6 nitrogen and oxygen atoms in total. The van der Waals surface area contributed by atoms with Gasteiger partial charge >= 0.3 is 6.18 Å². The molecule has 0 bridgehead atoms. The Morgan fingerprint density at radius 1 is 1.07 bits per heavy atom. The zero-order valence-corrected chi connectivity index (χ0v) is 15.7. The third-order valence-corrected chi connectivity index (χ3v) is 5.33. The van der Waals surface area contributed by atoms with Gasteiger partial charge in [0.25, 0.3) is 5.91 Å². The third kappa shape index (κ3) is 4.83. The van der Waals surface area contributed by atoms with E-state index in [2.05, 4.69) is 15.2 Å². The summed E-state index contributed by atoms with van der Waals surface area (Å²) in [6, 6.07) is 5.82. The van der Waals surface area contributed by atoms with Gasteiger partial charge in [-0.1, -0.05) is 0 Å². The maximum absolute atomic E-state index is 12.6. The van der Waals surface area contributed by atoms with E-state index in [1.165, 1.54) is 18.9 Å². The second-order valence-electron chi connectivity index (χ2n) is 7.55. The van der Waals surface area contributed by atoms with Crippen LogP contribution in [0.15, 0.2) is 30.5 Å². The summed E-state index contributed by atoms with van der Waals surface area (Å²) in [4.78, 5) is 17.5. The fourth-order valence-corrected chi connectivity index (χ4v) is 3.38. The molecule has 4 rings (SSSR count). The summed E-state index contributed by atoms with van der Waals surface area (Å²) < 4.78 is 43.5. The van der Waals surface area contributed by atoms with Crippen molar-refractivity contribution < 1.29 is 22.7 Å². The number of carbonyl (C=O) groups excluding carboxylic acids is 1. The molecule has 154 valence electrons. The Morgan fingerprint density at radius 3 is 2.38 bits per heavy atom. The molecule has 3 heterocycles. The zero-order chi connectivity index (χ0) is 20.4. The Hall–Kier alpha value is -2.71. The Labute approximate surface area is 166 Å². The molecule has 1 aliphatic heterocycles. The summed E-state index contributed by atoms with van der Waals surface area (Å²) >= 11 is 0. The first-order valence-corrected chi connectivity index (χ1v) is 9.69. The predicted molar refractivity (Wildman–Crippen MR) is 97.4 cm³/mol. The average Bonchev–Trinajstić information content (AvgIpc) is 3.57. The van der Waals surface area contributed by atoms with Crippen LogP contribution in [0.4, 0.5) is 13.2 Å². The van der Waals surface area contributed by atoms with E-state index in [0.717, 1.165) is 30.8 Å². The van der Waals surface area contributed by atoms with Crippen molar-refractivity contribution in [1.82, 2.24) is 20.1 Å². The lowest BCUT2D eigenvalue weighted by molar-refractivity contribution is -0.141. The zero-order valence-electron chi connectivity index (χ0n) is 15.7. The molecule has 2 fully saturated rings. The fraction of sp³-hybridized carbons (Fsp3) is 0.500. The van der Waals surface area contributed by atoms with Crippen LogP contribution in [-0.4, -0.2) is 45.7 Å². The number of piperidine rings is 1. The largest absolute Gasteiger partial charge is 0.476 e. The second-order valence-corrected chi connectivity index (χ2v) is 7.55. The summed E-state index contributed by atoms with van der Waals surface area (Å²) in [5.74, 6) is 1.05. The molecular weight excluding hydrogens is 385 g/mol. The number of rotatable bonds is 5. The van der Waals surface area contributed by atoms with Crippen LogP contribution in [0.25, 0.3) is 0 Å². The smallest absolute Gasteiger partial charge is 0.433 e. The third-order valence-electron chi connectivity index (χ3n) is 5.33. The van der Waals surface area contributed by atoms with E-state index in [9.17, 15) is 18.0 Å². The Morgan fingerprint density at radius 2 is 1.83 bits per heavy atom. The number of hydrogen-bond acceptors (Lipinski definition) is 5. The number of amides is 1. The SMILES string of the molecule is O=C(c1ccc(C(F)(F)F)nc1)N1CCC(COc2ccc(C3CC3)nn2)CC1. The van der Waals surface area contributed by atoms with Crippen molar-refractivity contribution in [2.75, 3.05) is 19.7 Å². The molecule has 0 aromatic carbocycles. The van der Waals surface area contributed by atoms with E-state index in [0.29, 0.717) is 31.5 Å². The van der Waals surface area contributed by atoms with Crippen LogP contribution in [-0.2, 0) is 6.18 Å².